The maximum Gasteiger partial charge on any atom is 0.335 e. The van der Waals surface area contributed by atoms with E-state index in [2.05, 4.69) is 4.42 Å². The quantitative estimate of drug-likeness (QED) is 0.814. The molecule has 1 aromatic heterocycles. The van der Waals surface area contributed by atoms with Gasteiger partial charge in [0.05, 0.1) is 11.4 Å². The van der Waals surface area contributed by atoms with Gasteiger partial charge in [-0.05, 0) is 6.07 Å². The molecule has 0 aliphatic carbocycles. The van der Waals surface area contributed by atoms with Gasteiger partial charge in [-0.3, -0.25) is 4.79 Å². The summed E-state index contributed by atoms with van der Waals surface area (Å²) in [4.78, 5) is 34.9. The lowest BCUT2D eigenvalue weighted by atomic mass is 10.2. The second-order valence-electron chi connectivity index (χ2n) is 3.47. The van der Waals surface area contributed by atoms with E-state index in [1.807, 2.05) is 0 Å². The number of amides is 1. The first kappa shape index (κ1) is 11.7. The lowest BCUT2D eigenvalue weighted by molar-refractivity contribution is -0.140. The summed E-state index contributed by atoms with van der Waals surface area (Å²) < 4.78 is 4.58. The van der Waals surface area contributed by atoms with Gasteiger partial charge < -0.3 is 14.4 Å². The molecule has 0 spiro atoms. The Morgan fingerprint density at radius 3 is 2.82 bits per heavy atom. The molecule has 1 N–H and O–H groups in total. The van der Waals surface area contributed by atoms with Crippen molar-refractivity contribution in [3.05, 3.63) is 34.4 Å². The predicted molar refractivity (Wildman–Crippen MR) is 59.9 cm³/mol. The maximum atomic E-state index is 12.0. The molecule has 1 saturated heterocycles. The van der Waals surface area contributed by atoms with E-state index in [4.69, 9.17) is 5.11 Å². The molecule has 1 unspecified atom stereocenters. The molecule has 17 heavy (non-hydrogen) atoms. The van der Waals surface area contributed by atoms with Crippen LogP contribution >= 0.6 is 11.8 Å². The number of carbonyl (C=O) groups is 2. The van der Waals surface area contributed by atoms with Gasteiger partial charge in [-0.15, -0.1) is 11.8 Å². The summed E-state index contributed by atoms with van der Waals surface area (Å²) >= 11 is 1.38. The largest absolute Gasteiger partial charge is 0.480 e. The van der Waals surface area contributed by atoms with Crippen molar-refractivity contribution in [1.82, 2.24) is 4.90 Å². The van der Waals surface area contributed by atoms with E-state index in [1.165, 1.54) is 22.7 Å². The maximum absolute atomic E-state index is 12.0. The lowest BCUT2D eigenvalue weighted by Gasteiger charge is -2.19. The summed E-state index contributed by atoms with van der Waals surface area (Å²) in [6.45, 7) is 0. The molecule has 1 aliphatic rings. The molecule has 1 aliphatic heterocycles. The summed E-state index contributed by atoms with van der Waals surface area (Å²) in [5.41, 5.74) is -0.370. The van der Waals surface area contributed by atoms with Crippen LogP contribution in [0.1, 0.15) is 10.4 Å². The van der Waals surface area contributed by atoms with Crippen LogP contribution in [0.4, 0.5) is 0 Å². The van der Waals surface area contributed by atoms with Crippen molar-refractivity contribution in [3.63, 3.8) is 0 Å². The van der Waals surface area contributed by atoms with Crippen LogP contribution in [-0.2, 0) is 4.79 Å². The van der Waals surface area contributed by atoms with Gasteiger partial charge in [-0.25, -0.2) is 9.59 Å². The lowest BCUT2D eigenvalue weighted by Crippen LogP contribution is -2.41. The van der Waals surface area contributed by atoms with Crippen LogP contribution in [0.5, 0.6) is 0 Å². The Morgan fingerprint density at radius 1 is 1.47 bits per heavy atom. The highest BCUT2D eigenvalue weighted by Gasteiger charge is 2.35. The van der Waals surface area contributed by atoms with Crippen molar-refractivity contribution < 1.29 is 19.1 Å². The summed E-state index contributed by atoms with van der Waals surface area (Å²) in [7, 11) is 0. The molecular weight excluding hydrogens is 246 g/mol. The average Bonchev–Trinajstić information content (AvgIpc) is 2.78. The number of carboxylic acid groups (broad SMARTS) is 1. The van der Waals surface area contributed by atoms with Crippen LogP contribution in [0, 0.1) is 0 Å². The predicted octanol–water partition coefficient (Wildman–Crippen LogP) is 0.240. The smallest absolute Gasteiger partial charge is 0.335 e. The molecule has 1 amide bonds. The molecule has 6 nitrogen and oxygen atoms in total. The molecule has 90 valence electrons. The summed E-state index contributed by atoms with van der Waals surface area (Å²) in [6.07, 6.45) is 1.05. The molecular formula is C10H9NO5S. The third kappa shape index (κ3) is 2.33. The Bertz CT molecular complexity index is 491. The highest BCUT2D eigenvalue weighted by Crippen LogP contribution is 2.22. The zero-order valence-electron chi connectivity index (χ0n) is 8.66. The van der Waals surface area contributed by atoms with Crippen LogP contribution in [0.2, 0.25) is 0 Å². The first-order chi connectivity index (χ1) is 8.09. The number of hydrogen-bond acceptors (Lipinski definition) is 5. The van der Waals surface area contributed by atoms with E-state index >= 15 is 0 Å². The molecule has 1 fully saturated rings. The molecule has 1 aromatic rings. The molecule has 0 bridgehead atoms. The number of nitrogens with zero attached hydrogens (tertiary/aromatic N) is 1. The topological polar surface area (TPSA) is 87.8 Å². The standard InChI is InChI=1S/C10H9NO5S/c12-8-2-1-6(3-16-8)9(13)11-5-17-4-7(11)10(14)15/h1-3,7H,4-5H2,(H,14,15). The van der Waals surface area contributed by atoms with Crippen LogP contribution in [0.15, 0.2) is 27.6 Å². The molecule has 2 heterocycles. The van der Waals surface area contributed by atoms with Crippen LogP contribution in [0.3, 0.4) is 0 Å². The Morgan fingerprint density at radius 2 is 2.24 bits per heavy atom. The van der Waals surface area contributed by atoms with Gasteiger partial charge in [-0.1, -0.05) is 0 Å². The van der Waals surface area contributed by atoms with Crippen molar-refractivity contribution in [3.8, 4) is 0 Å². The van der Waals surface area contributed by atoms with E-state index in [1.54, 1.807) is 0 Å². The average molecular weight is 255 g/mol. The minimum absolute atomic E-state index is 0.179. The second kappa shape index (κ2) is 4.62. The second-order valence-corrected chi connectivity index (χ2v) is 4.47. The first-order valence-corrected chi connectivity index (χ1v) is 5.95. The third-order valence-electron chi connectivity index (χ3n) is 2.38. The van der Waals surface area contributed by atoms with Gasteiger partial charge in [0.2, 0.25) is 0 Å². The van der Waals surface area contributed by atoms with Crippen LogP contribution in [0.25, 0.3) is 0 Å². The van der Waals surface area contributed by atoms with Crippen molar-refractivity contribution in [1.29, 1.82) is 0 Å². The SMILES string of the molecule is O=C(O)C1CSCN1C(=O)c1ccc(=O)oc1. The normalized spacial score (nSPS) is 19.3. The minimum atomic E-state index is -1.03. The summed E-state index contributed by atoms with van der Waals surface area (Å²) in [5.74, 6) is -0.765. The number of carbonyl (C=O) groups excluding carboxylic acids is 1. The van der Waals surface area contributed by atoms with Crippen LogP contribution < -0.4 is 5.63 Å². The number of hydrogen-bond donors (Lipinski definition) is 1. The third-order valence-corrected chi connectivity index (χ3v) is 3.39. The molecule has 0 aromatic carbocycles. The number of carboxylic acids is 1. The molecule has 1 atom stereocenters. The number of rotatable bonds is 2. The Kier molecular flexibility index (Phi) is 3.19. The van der Waals surface area contributed by atoms with E-state index < -0.39 is 23.5 Å². The van der Waals surface area contributed by atoms with Gasteiger partial charge >= 0.3 is 11.6 Å². The zero-order valence-corrected chi connectivity index (χ0v) is 9.48. The van der Waals surface area contributed by atoms with Crippen molar-refractivity contribution in [2.75, 3.05) is 11.6 Å². The van der Waals surface area contributed by atoms with Crippen molar-refractivity contribution in [2.24, 2.45) is 0 Å². The Balaban J connectivity index is 2.22. The fourth-order valence-electron chi connectivity index (χ4n) is 1.49. The van der Waals surface area contributed by atoms with Gasteiger partial charge in [0.25, 0.3) is 5.91 Å². The Hall–Kier alpha value is -1.76. The van der Waals surface area contributed by atoms with Crippen molar-refractivity contribution in [2.45, 2.75) is 6.04 Å². The highest BCUT2D eigenvalue weighted by atomic mass is 32.2. The van der Waals surface area contributed by atoms with E-state index in [0.29, 0.717) is 11.6 Å². The number of aliphatic carboxylic acids is 1. The molecule has 0 saturated carbocycles. The number of thioether (sulfide) groups is 1. The van der Waals surface area contributed by atoms with Crippen molar-refractivity contribution >= 4 is 23.6 Å². The minimum Gasteiger partial charge on any atom is -0.480 e. The molecule has 0 radical (unpaired) electrons. The summed E-state index contributed by atoms with van der Waals surface area (Å²) in [5, 5.41) is 8.94. The fourth-order valence-corrected chi connectivity index (χ4v) is 2.64. The monoisotopic (exact) mass is 255 g/mol. The zero-order chi connectivity index (χ0) is 12.4. The summed E-state index contributed by atoms with van der Waals surface area (Å²) in [6, 6.07) is 1.64. The van der Waals surface area contributed by atoms with Gasteiger partial charge in [-0.2, -0.15) is 0 Å². The van der Waals surface area contributed by atoms with Gasteiger partial charge in [0, 0.05) is 11.8 Å². The molecule has 2 rings (SSSR count). The highest BCUT2D eigenvalue weighted by molar-refractivity contribution is 7.99. The fraction of sp³-hybridized carbons (Fsp3) is 0.300. The van der Waals surface area contributed by atoms with E-state index in [9.17, 15) is 14.4 Å². The van der Waals surface area contributed by atoms with Gasteiger partial charge in [0.15, 0.2) is 0 Å². The van der Waals surface area contributed by atoms with E-state index in [0.717, 1.165) is 12.3 Å². The van der Waals surface area contributed by atoms with E-state index in [-0.39, 0.29) is 5.56 Å². The first-order valence-electron chi connectivity index (χ1n) is 4.80. The molecule has 7 heteroatoms. The van der Waals surface area contributed by atoms with Crippen LogP contribution in [-0.4, -0.2) is 39.6 Å². The van der Waals surface area contributed by atoms with Gasteiger partial charge in [0.1, 0.15) is 12.3 Å². The Labute approximate surface area is 100 Å².